The second-order valence-electron chi connectivity index (χ2n) is 4.74. The maximum Gasteiger partial charge on any atom is 0.237 e. The first kappa shape index (κ1) is 17.0. The van der Waals surface area contributed by atoms with Gasteiger partial charge in [-0.05, 0) is 25.1 Å². The van der Waals surface area contributed by atoms with Crippen molar-refractivity contribution in [2.24, 2.45) is 0 Å². The molecular formula is C15H17N5O2S. The molecule has 0 aliphatic heterocycles. The molecule has 8 heteroatoms. The van der Waals surface area contributed by atoms with Crippen LogP contribution in [0.5, 0.6) is 0 Å². The van der Waals surface area contributed by atoms with Gasteiger partial charge in [0.05, 0.1) is 23.5 Å². The van der Waals surface area contributed by atoms with Crippen LogP contribution in [0.2, 0.25) is 0 Å². The number of aromatic nitrogens is 3. The van der Waals surface area contributed by atoms with E-state index in [1.54, 1.807) is 44.6 Å². The number of thioether (sulfide) groups is 1. The quantitative estimate of drug-likeness (QED) is 0.779. The van der Waals surface area contributed by atoms with E-state index in [1.165, 1.54) is 11.8 Å². The highest BCUT2D eigenvalue weighted by molar-refractivity contribution is 8.00. The van der Waals surface area contributed by atoms with Crippen LogP contribution in [-0.4, -0.2) is 39.6 Å². The Morgan fingerprint density at radius 3 is 3.13 bits per heavy atom. The molecule has 23 heavy (non-hydrogen) atoms. The summed E-state index contributed by atoms with van der Waals surface area (Å²) in [6, 6.07) is 8.84. The van der Waals surface area contributed by atoms with E-state index in [0.29, 0.717) is 29.6 Å². The minimum absolute atomic E-state index is 0.161. The Kier molecular flexibility index (Phi) is 6.14. The number of nitriles is 1. The number of rotatable bonds is 7. The molecule has 1 aromatic carbocycles. The Morgan fingerprint density at radius 2 is 2.39 bits per heavy atom. The summed E-state index contributed by atoms with van der Waals surface area (Å²) in [7, 11) is 1.63. The fraction of sp³-hybridized carbons (Fsp3) is 0.333. The van der Waals surface area contributed by atoms with Gasteiger partial charge in [-0.15, -0.1) is 10.2 Å². The number of benzene rings is 1. The zero-order valence-electron chi connectivity index (χ0n) is 12.9. The highest BCUT2D eigenvalue weighted by Gasteiger charge is 2.18. The number of carbonyl (C=O) groups excluding carboxylic acids is 1. The number of nitrogens with zero attached hydrogens (tertiary/aromatic N) is 4. The van der Waals surface area contributed by atoms with Gasteiger partial charge in [0.1, 0.15) is 6.33 Å². The summed E-state index contributed by atoms with van der Waals surface area (Å²) in [6.07, 6.45) is 1.61. The van der Waals surface area contributed by atoms with Gasteiger partial charge in [0.15, 0.2) is 5.16 Å². The van der Waals surface area contributed by atoms with Crippen LogP contribution in [-0.2, 0) is 16.1 Å². The molecule has 0 bridgehead atoms. The summed E-state index contributed by atoms with van der Waals surface area (Å²) in [4.78, 5) is 12.3. The number of methoxy groups -OCH3 is 1. The molecule has 7 nitrogen and oxygen atoms in total. The van der Waals surface area contributed by atoms with Crippen molar-refractivity contribution in [3.05, 3.63) is 36.2 Å². The van der Waals surface area contributed by atoms with Gasteiger partial charge in [-0.2, -0.15) is 5.26 Å². The molecule has 1 unspecified atom stereocenters. The Bertz CT molecular complexity index is 710. The standard InChI is InChI=1S/C15H17N5O2S/c1-11(23-15-19-17-10-20(15)6-7-22-2)14(21)18-13-5-3-4-12(8-13)9-16/h3-5,8,10-11H,6-7H2,1-2H3,(H,18,21). The molecule has 1 aromatic heterocycles. The Balaban J connectivity index is 1.97. The Hall–Kier alpha value is -2.37. The predicted molar refractivity (Wildman–Crippen MR) is 87.0 cm³/mol. The second-order valence-corrected chi connectivity index (χ2v) is 6.05. The molecule has 2 aromatic rings. The number of amides is 1. The topological polar surface area (TPSA) is 92.8 Å². The average Bonchev–Trinajstić information content (AvgIpc) is 3.00. The summed E-state index contributed by atoms with van der Waals surface area (Å²) in [5.74, 6) is -0.161. The molecule has 0 aliphatic rings. The SMILES string of the molecule is COCCn1cnnc1SC(C)C(=O)Nc1cccc(C#N)c1. The van der Waals surface area contributed by atoms with Crippen LogP contribution in [0.3, 0.4) is 0 Å². The number of ether oxygens (including phenoxy) is 1. The Morgan fingerprint density at radius 1 is 1.57 bits per heavy atom. The van der Waals surface area contributed by atoms with Crippen LogP contribution in [0.1, 0.15) is 12.5 Å². The molecule has 0 spiro atoms. The van der Waals surface area contributed by atoms with Crippen LogP contribution in [0.25, 0.3) is 0 Å². The van der Waals surface area contributed by atoms with Gasteiger partial charge in [-0.1, -0.05) is 17.8 Å². The van der Waals surface area contributed by atoms with Crippen LogP contribution < -0.4 is 5.32 Å². The third kappa shape index (κ3) is 4.81. The fourth-order valence-electron chi connectivity index (χ4n) is 1.80. The van der Waals surface area contributed by atoms with Crippen molar-refractivity contribution in [3.63, 3.8) is 0 Å². The molecule has 120 valence electrons. The second kappa shape index (κ2) is 8.31. The van der Waals surface area contributed by atoms with Gasteiger partial charge < -0.3 is 14.6 Å². The number of carbonyl (C=O) groups is 1. The van der Waals surface area contributed by atoms with E-state index in [4.69, 9.17) is 10.00 Å². The molecule has 0 saturated heterocycles. The highest BCUT2D eigenvalue weighted by Crippen LogP contribution is 2.22. The summed E-state index contributed by atoms with van der Waals surface area (Å²) in [5.41, 5.74) is 1.10. The van der Waals surface area contributed by atoms with Gasteiger partial charge in [-0.3, -0.25) is 4.79 Å². The number of hydrogen-bond acceptors (Lipinski definition) is 6. The van der Waals surface area contributed by atoms with Crippen molar-refractivity contribution in [2.75, 3.05) is 19.0 Å². The van der Waals surface area contributed by atoms with E-state index in [2.05, 4.69) is 15.5 Å². The van der Waals surface area contributed by atoms with Crippen LogP contribution >= 0.6 is 11.8 Å². The molecule has 0 aliphatic carbocycles. The van der Waals surface area contributed by atoms with E-state index < -0.39 is 0 Å². The van der Waals surface area contributed by atoms with Crippen molar-refractivity contribution < 1.29 is 9.53 Å². The monoisotopic (exact) mass is 331 g/mol. The maximum absolute atomic E-state index is 12.3. The largest absolute Gasteiger partial charge is 0.383 e. The van der Waals surface area contributed by atoms with Crippen molar-refractivity contribution in [2.45, 2.75) is 23.9 Å². The van der Waals surface area contributed by atoms with E-state index in [9.17, 15) is 4.79 Å². The minimum atomic E-state index is -0.355. The average molecular weight is 331 g/mol. The zero-order chi connectivity index (χ0) is 16.7. The van der Waals surface area contributed by atoms with E-state index in [1.807, 2.05) is 10.6 Å². The lowest BCUT2D eigenvalue weighted by molar-refractivity contribution is -0.115. The Labute approximate surface area is 138 Å². The van der Waals surface area contributed by atoms with Crippen molar-refractivity contribution in [1.82, 2.24) is 14.8 Å². The lowest BCUT2D eigenvalue weighted by Crippen LogP contribution is -2.23. The van der Waals surface area contributed by atoms with Gasteiger partial charge in [-0.25, -0.2) is 0 Å². The van der Waals surface area contributed by atoms with Crippen molar-refractivity contribution >= 4 is 23.4 Å². The van der Waals surface area contributed by atoms with E-state index >= 15 is 0 Å². The highest BCUT2D eigenvalue weighted by atomic mass is 32.2. The lowest BCUT2D eigenvalue weighted by atomic mass is 10.2. The maximum atomic E-state index is 12.3. The van der Waals surface area contributed by atoms with Crippen LogP contribution in [0, 0.1) is 11.3 Å². The van der Waals surface area contributed by atoms with Gasteiger partial charge in [0.2, 0.25) is 5.91 Å². The first-order valence-electron chi connectivity index (χ1n) is 6.98. The first-order valence-corrected chi connectivity index (χ1v) is 7.86. The van der Waals surface area contributed by atoms with Crippen LogP contribution in [0.15, 0.2) is 35.7 Å². The third-order valence-corrected chi connectivity index (χ3v) is 4.12. The summed E-state index contributed by atoms with van der Waals surface area (Å²) in [5, 5.41) is 19.9. The van der Waals surface area contributed by atoms with Crippen molar-refractivity contribution in [1.29, 1.82) is 5.26 Å². The predicted octanol–water partition coefficient (Wildman–Crippen LogP) is 1.92. The first-order chi connectivity index (χ1) is 11.1. The normalized spacial score (nSPS) is 11.7. The zero-order valence-corrected chi connectivity index (χ0v) is 13.7. The van der Waals surface area contributed by atoms with Gasteiger partial charge in [0, 0.05) is 19.3 Å². The molecule has 1 N–H and O–H groups in total. The molecule has 1 atom stereocenters. The molecule has 0 saturated carbocycles. The van der Waals surface area contributed by atoms with Crippen molar-refractivity contribution in [3.8, 4) is 6.07 Å². The number of hydrogen-bond donors (Lipinski definition) is 1. The summed E-state index contributed by atoms with van der Waals surface area (Å²) >= 11 is 1.32. The molecule has 0 fully saturated rings. The lowest BCUT2D eigenvalue weighted by Gasteiger charge is -2.12. The van der Waals surface area contributed by atoms with E-state index in [0.717, 1.165) is 0 Å². The van der Waals surface area contributed by atoms with Gasteiger partial charge >= 0.3 is 0 Å². The molecule has 0 radical (unpaired) electrons. The number of anilines is 1. The summed E-state index contributed by atoms with van der Waals surface area (Å²) < 4.78 is 6.87. The summed E-state index contributed by atoms with van der Waals surface area (Å²) in [6.45, 7) is 2.97. The fourth-order valence-corrected chi connectivity index (χ4v) is 2.65. The third-order valence-electron chi connectivity index (χ3n) is 3.03. The van der Waals surface area contributed by atoms with Gasteiger partial charge in [0.25, 0.3) is 0 Å². The van der Waals surface area contributed by atoms with E-state index in [-0.39, 0.29) is 11.2 Å². The molecule has 2 rings (SSSR count). The molecular weight excluding hydrogens is 314 g/mol. The smallest absolute Gasteiger partial charge is 0.237 e. The molecule has 1 amide bonds. The molecule has 1 heterocycles. The van der Waals surface area contributed by atoms with Crippen LogP contribution in [0.4, 0.5) is 5.69 Å². The number of nitrogens with one attached hydrogen (secondary N) is 1. The minimum Gasteiger partial charge on any atom is -0.383 e.